The van der Waals surface area contributed by atoms with E-state index in [0.29, 0.717) is 0 Å². The first-order valence-corrected chi connectivity index (χ1v) is 5.98. The summed E-state index contributed by atoms with van der Waals surface area (Å²) in [5.41, 5.74) is 9.13. The molecule has 2 amide bonds. The SMILES string of the molecule is C=C(C(=O)OCC)C1(C(N)=O)CC=CCC1C(N)=O. The monoisotopic (exact) mass is 266 g/mol. The molecule has 0 saturated heterocycles. The quantitative estimate of drug-likeness (QED) is 0.415. The highest BCUT2D eigenvalue weighted by atomic mass is 16.5. The first-order valence-electron chi connectivity index (χ1n) is 5.98. The molecule has 0 aromatic rings. The largest absolute Gasteiger partial charge is 0.463 e. The van der Waals surface area contributed by atoms with Gasteiger partial charge in [0.05, 0.1) is 17.9 Å². The molecule has 104 valence electrons. The van der Waals surface area contributed by atoms with Crippen LogP contribution in [0.5, 0.6) is 0 Å². The van der Waals surface area contributed by atoms with Crippen molar-refractivity contribution in [2.75, 3.05) is 6.61 Å². The number of carbonyl (C=O) groups is 3. The van der Waals surface area contributed by atoms with Gasteiger partial charge in [-0.2, -0.15) is 0 Å². The Morgan fingerprint density at radius 1 is 1.37 bits per heavy atom. The zero-order valence-electron chi connectivity index (χ0n) is 10.8. The van der Waals surface area contributed by atoms with Gasteiger partial charge in [0, 0.05) is 5.57 Å². The van der Waals surface area contributed by atoms with Crippen molar-refractivity contribution in [3.63, 3.8) is 0 Å². The van der Waals surface area contributed by atoms with Crippen LogP contribution in [-0.2, 0) is 19.1 Å². The maximum absolute atomic E-state index is 11.9. The van der Waals surface area contributed by atoms with Crippen molar-refractivity contribution >= 4 is 17.8 Å². The van der Waals surface area contributed by atoms with E-state index in [-0.39, 0.29) is 25.0 Å². The van der Waals surface area contributed by atoms with Crippen molar-refractivity contribution < 1.29 is 19.1 Å². The number of ether oxygens (including phenoxy) is 1. The molecule has 6 nitrogen and oxygen atoms in total. The Labute approximate surface area is 111 Å². The third kappa shape index (κ3) is 2.52. The molecule has 0 aliphatic heterocycles. The number of allylic oxidation sites excluding steroid dienone is 2. The van der Waals surface area contributed by atoms with Crippen molar-refractivity contribution in [1.82, 2.24) is 0 Å². The van der Waals surface area contributed by atoms with Crippen LogP contribution in [0.4, 0.5) is 0 Å². The third-order valence-corrected chi connectivity index (χ3v) is 3.42. The Morgan fingerprint density at radius 3 is 2.47 bits per heavy atom. The van der Waals surface area contributed by atoms with E-state index in [4.69, 9.17) is 16.2 Å². The maximum Gasteiger partial charge on any atom is 0.334 e. The molecule has 19 heavy (non-hydrogen) atoms. The van der Waals surface area contributed by atoms with Gasteiger partial charge >= 0.3 is 5.97 Å². The van der Waals surface area contributed by atoms with Gasteiger partial charge in [0.1, 0.15) is 0 Å². The van der Waals surface area contributed by atoms with Crippen LogP contribution in [0, 0.1) is 11.3 Å². The predicted molar refractivity (Wildman–Crippen MR) is 68.5 cm³/mol. The van der Waals surface area contributed by atoms with Crippen molar-refractivity contribution in [2.24, 2.45) is 22.8 Å². The van der Waals surface area contributed by atoms with E-state index in [1.165, 1.54) is 0 Å². The van der Waals surface area contributed by atoms with Crippen molar-refractivity contribution in [3.8, 4) is 0 Å². The fourth-order valence-corrected chi connectivity index (χ4v) is 2.36. The van der Waals surface area contributed by atoms with Crippen LogP contribution >= 0.6 is 0 Å². The van der Waals surface area contributed by atoms with Crippen LogP contribution < -0.4 is 11.5 Å². The molecular formula is C13H18N2O4. The highest BCUT2D eigenvalue weighted by molar-refractivity contribution is 6.02. The van der Waals surface area contributed by atoms with E-state index in [1.54, 1.807) is 19.1 Å². The van der Waals surface area contributed by atoms with Crippen molar-refractivity contribution in [1.29, 1.82) is 0 Å². The van der Waals surface area contributed by atoms with Gasteiger partial charge in [0.25, 0.3) is 0 Å². The molecule has 1 rings (SSSR count). The lowest BCUT2D eigenvalue weighted by molar-refractivity contribution is -0.145. The summed E-state index contributed by atoms with van der Waals surface area (Å²) in [6, 6.07) is 0. The third-order valence-electron chi connectivity index (χ3n) is 3.42. The second kappa shape index (κ2) is 5.69. The Bertz CT molecular complexity index is 456. The number of hydrogen-bond acceptors (Lipinski definition) is 4. The molecule has 2 unspecified atom stereocenters. The van der Waals surface area contributed by atoms with Crippen LogP contribution in [0.25, 0.3) is 0 Å². The second-order valence-electron chi connectivity index (χ2n) is 4.40. The Hall–Kier alpha value is -2.11. The van der Waals surface area contributed by atoms with Gasteiger partial charge in [-0.05, 0) is 19.8 Å². The first-order chi connectivity index (χ1) is 8.87. The summed E-state index contributed by atoms with van der Waals surface area (Å²) in [7, 11) is 0. The molecule has 0 aromatic carbocycles. The van der Waals surface area contributed by atoms with E-state index >= 15 is 0 Å². The lowest BCUT2D eigenvalue weighted by atomic mass is 9.63. The summed E-state index contributed by atoms with van der Waals surface area (Å²) < 4.78 is 4.84. The summed E-state index contributed by atoms with van der Waals surface area (Å²) in [5, 5.41) is 0. The smallest absolute Gasteiger partial charge is 0.334 e. The number of nitrogens with two attached hydrogens (primary N) is 2. The Balaban J connectivity index is 3.26. The first kappa shape index (κ1) is 14.9. The molecule has 2 atom stereocenters. The normalized spacial score (nSPS) is 25.6. The minimum atomic E-state index is -1.49. The predicted octanol–water partition coefficient (Wildman–Crippen LogP) is 0.0289. The maximum atomic E-state index is 11.9. The molecule has 0 bridgehead atoms. The zero-order valence-corrected chi connectivity index (χ0v) is 10.8. The molecule has 0 fully saturated rings. The number of amides is 2. The summed E-state index contributed by atoms with van der Waals surface area (Å²) in [5.74, 6) is -3.10. The minimum absolute atomic E-state index is 0.116. The number of rotatable bonds is 5. The van der Waals surface area contributed by atoms with Crippen LogP contribution in [-0.4, -0.2) is 24.4 Å². The molecule has 0 heterocycles. The van der Waals surface area contributed by atoms with Crippen LogP contribution in [0.1, 0.15) is 19.8 Å². The van der Waals surface area contributed by atoms with Gasteiger partial charge < -0.3 is 16.2 Å². The van der Waals surface area contributed by atoms with E-state index < -0.39 is 29.1 Å². The fourth-order valence-electron chi connectivity index (χ4n) is 2.36. The number of primary amides is 2. The average molecular weight is 266 g/mol. The lowest BCUT2D eigenvalue weighted by Crippen LogP contribution is -2.51. The molecule has 1 aliphatic carbocycles. The van der Waals surface area contributed by atoms with E-state index in [0.717, 1.165) is 0 Å². The number of carbonyl (C=O) groups excluding carboxylic acids is 3. The van der Waals surface area contributed by atoms with Gasteiger partial charge in [-0.15, -0.1) is 0 Å². The Morgan fingerprint density at radius 2 is 2.00 bits per heavy atom. The van der Waals surface area contributed by atoms with Crippen LogP contribution in [0.2, 0.25) is 0 Å². The van der Waals surface area contributed by atoms with Gasteiger partial charge in [0.15, 0.2) is 0 Å². The van der Waals surface area contributed by atoms with Gasteiger partial charge in [0.2, 0.25) is 11.8 Å². The molecular weight excluding hydrogens is 248 g/mol. The molecule has 0 saturated carbocycles. The minimum Gasteiger partial charge on any atom is -0.463 e. The van der Waals surface area contributed by atoms with E-state index in [9.17, 15) is 14.4 Å². The highest BCUT2D eigenvalue weighted by Crippen LogP contribution is 2.44. The van der Waals surface area contributed by atoms with Gasteiger partial charge in [-0.25, -0.2) is 4.79 Å². The molecule has 1 aliphatic rings. The molecule has 4 N–H and O–H groups in total. The summed E-state index contributed by atoms with van der Waals surface area (Å²) in [4.78, 5) is 35.2. The Kier molecular flexibility index (Phi) is 4.47. The number of esters is 1. The fraction of sp³-hybridized carbons (Fsp3) is 0.462. The summed E-state index contributed by atoms with van der Waals surface area (Å²) in [6.45, 7) is 5.38. The second-order valence-corrected chi connectivity index (χ2v) is 4.40. The van der Waals surface area contributed by atoms with E-state index in [1.807, 2.05) is 0 Å². The standard InChI is InChI=1S/C13H18N2O4/c1-3-19-11(17)8(2)13(12(15)18)7-5-4-6-9(13)10(14)16/h4-5,9H,2-3,6-7H2,1H3,(H2,14,16)(H2,15,18). The number of hydrogen-bond donors (Lipinski definition) is 2. The average Bonchev–Trinajstić information content (AvgIpc) is 2.37. The lowest BCUT2D eigenvalue weighted by Gasteiger charge is -2.38. The van der Waals surface area contributed by atoms with Gasteiger partial charge in [-0.3, -0.25) is 9.59 Å². The zero-order chi connectivity index (χ0) is 14.6. The van der Waals surface area contributed by atoms with Crippen LogP contribution in [0.3, 0.4) is 0 Å². The molecule has 0 aromatic heterocycles. The highest BCUT2D eigenvalue weighted by Gasteiger charge is 2.51. The van der Waals surface area contributed by atoms with Crippen molar-refractivity contribution in [2.45, 2.75) is 19.8 Å². The topological polar surface area (TPSA) is 112 Å². The summed E-state index contributed by atoms with van der Waals surface area (Å²) >= 11 is 0. The van der Waals surface area contributed by atoms with Crippen LogP contribution in [0.15, 0.2) is 24.3 Å². The molecule has 6 heteroatoms. The molecule has 0 radical (unpaired) electrons. The van der Waals surface area contributed by atoms with E-state index in [2.05, 4.69) is 6.58 Å². The van der Waals surface area contributed by atoms with Crippen molar-refractivity contribution in [3.05, 3.63) is 24.3 Å². The van der Waals surface area contributed by atoms with Gasteiger partial charge in [-0.1, -0.05) is 18.7 Å². The summed E-state index contributed by atoms with van der Waals surface area (Å²) in [6.07, 6.45) is 3.79. The molecule has 0 spiro atoms.